The Kier molecular flexibility index (Phi) is 4.74. The lowest BCUT2D eigenvalue weighted by molar-refractivity contribution is 0.0695. The Bertz CT molecular complexity index is 446. The average molecular weight is 357 g/mol. The van der Waals surface area contributed by atoms with Crippen molar-refractivity contribution in [2.45, 2.75) is 7.59 Å². The van der Waals surface area contributed by atoms with Crippen LogP contribution >= 0.6 is 69.6 Å². The summed E-state index contributed by atoms with van der Waals surface area (Å²) in [6.45, 7) is 0. The number of alkyl halides is 6. The van der Waals surface area contributed by atoms with Crippen LogP contribution in [0, 0.1) is 0 Å². The maximum atomic E-state index is 11.0. The highest BCUT2D eigenvalue weighted by Gasteiger charge is 2.37. The molecule has 8 heteroatoms. The molecule has 0 unspecified atom stereocenters. The number of hydrogen-bond acceptors (Lipinski definition) is 1. The van der Waals surface area contributed by atoms with Crippen LogP contribution in [0.1, 0.15) is 21.5 Å². The van der Waals surface area contributed by atoms with Crippen molar-refractivity contribution in [3.8, 4) is 0 Å². The zero-order chi connectivity index (χ0) is 13.4. The SMILES string of the molecule is O=C(O)c1cccc(C(Cl)(Cl)Cl)c1C(Cl)(Cl)Cl. The number of carbonyl (C=O) groups is 1. The second-order valence-corrected chi connectivity index (χ2v) is 7.59. The summed E-state index contributed by atoms with van der Waals surface area (Å²) < 4.78 is -3.89. The molecule has 1 aromatic rings. The van der Waals surface area contributed by atoms with Gasteiger partial charge in [0.1, 0.15) is 0 Å². The first-order valence-electron chi connectivity index (χ1n) is 4.06. The van der Waals surface area contributed by atoms with E-state index in [4.69, 9.17) is 74.7 Å². The fourth-order valence-corrected chi connectivity index (χ4v) is 2.36. The van der Waals surface area contributed by atoms with Gasteiger partial charge in [-0.05, 0) is 6.07 Å². The molecule has 2 nitrogen and oxygen atoms in total. The van der Waals surface area contributed by atoms with Gasteiger partial charge in [-0.25, -0.2) is 4.79 Å². The summed E-state index contributed by atoms with van der Waals surface area (Å²) in [6.07, 6.45) is 0. The van der Waals surface area contributed by atoms with Crippen LogP contribution < -0.4 is 0 Å². The van der Waals surface area contributed by atoms with Crippen molar-refractivity contribution < 1.29 is 9.90 Å². The van der Waals surface area contributed by atoms with Crippen molar-refractivity contribution in [2.24, 2.45) is 0 Å². The van der Waals surface area contributed by atoms with Gasteiger partial charge in [-0.1, -0.05) is 81.7 Å². The van der Waals surface area contributed by atoms with Gasteiger partial charge in [-0.2, -0.15) is 0 Å². The molecule has 0 saturated heterocycles. The summed E-state index contributed by atoms with van der Waals surface area (Å²) in [6, 6.07) is 4.05. The summed E-state index contributed by atoms with van der Waals surface area (Å²) >= 11 is 34.3. The van der Waals surface area contributed by atoms with E-state index in [1.807, 2.05) is 0 Å². The second kappa shape index (κ2) is 5.20. The van der Waals surface area contributed by atoms with Gasteiger partial charge in [0.05, 0.1) is 5.56 Å². The minimum atomic E-state index is -2.01. The maximum absolute atomic E-state index is 11.0. The summed E-state index contributed by atoms with van der Waals surface area (Å²) in [7, 11) is 0. The smallest absolute Gasteiger partial charge is 0.336 e. The van der Waals surface area contributed by atoms with Crippen LogP contribution in [-0.2, 0) is 7.59 Å². The first-order valence-corrected chi connectivity index (χ1v) is 6.32. The fourth-order valence-electron chi connectivity index (χ4n) is 1.27. The molecule has 0 bridgehead atoms. The van der Waals surface area contributed by atoms with Crippen molar-refractivity contribution in [2.75, 3.05) is 0 Å². The summed E-state index contributed by atoms with van der Waals surface area (Å²) in [5.74, 6) is -1.28. The molecule has 0 aliphatic carbocycles. The third kappa shape index (κ3) is 3.69. The molecular formula is C9H4Cl6O2. The molecule has 17 heavy (non-hydrogen) atoms. The lowest BCUT2D eigenvalue weighted by Crippen LogP contribution is -2.17. The Hall–Kier alpha value is 0.430. The number of halogens is 6. The highest BCUT2D eigenvalue weighted by atomic mass is 35.6. The highest BCUT2D eigenvalue weighted by Crippen LogP contribution is 2.49. The van der Waals surface area contributed by atoms with E-state index in [0.717, 1.165) is 0 Å². The molecule has 0 amide bonds. The highest BCUT2D eigenvalue weighted by molar-refractivity contribution is 6.69. The molecule has 94 valence electrons. The van der Waals surface area contributed by atoms with Crippen LogP contribution in [0.4, 0.5) is 0 Å². The number of benzene rings is 1. The van der Waals surface area contributed by atoms with E-state index >= 15 is 0 Å². The molecule has 0 fully saturated rings. The van der Waals surface area contributed by atoms with Crippen LogP contribution in [0.15, 0.2) is 18.2 Å². The van der Waals surface area contributed by atoms with E-state index in [-0.39, 0.29) is 16.7 Å². The summed E-state index contributed by atoms with van der Waals surface area (Å²) in [5, 5.41) is 9.01. The van der Waals surface area contributed by atoms with Crippen molar-refractivity contribution in [3.63, 3.8) is 0 Å². The van der Waals surface area contributed by atoms with E-state index in [2.05, 4.69) is 0 Å². The molecule has 1 N–H and O–H groups in total. The summed E-state index contributed by atoms with van der Waals surface area (Å²) in [5.41, 5.74) is -0.367. The molecule has 1 rings (SSSR count). The molecule has 0 aliphatic heterocycles. The standard InChI is InChI=1S/C9H4Cl6O2/c10-8(11,12)5-3-1-2-4(7(16)17)6(5)9(13,14)15/h1-3H,(H,16,17). The molecule has 0 saturated carbocycles. The zero-order valence-electron chi connectivity index (χ0n) is 7.86. The van der Waals surface area contributed by atoms with Crippen LogP contribution in [-0.4, -0.2) is 11.1 Å². The third-order valence-electron chi connectivity index (χ3n) is 1.88. The van der Waals surface area contributed by atoms with Gasteiger partial charge in [0.25, 0.3) is 0 Å². The van der Waals surface area contributed by atoms with E-state index < -0.39 is 13.6 Å². The van der Waals surface area contributed by atoms with Gasteiger partial charge in [0.2, 0.25) is 7.59 Å². The summed E-state index contributed by atoms with van der Waals surface area (Å²) in [4.78, 5) is 11.0. The predicted octanol–water partition coefficient (Wildman–Crippen LogP) is 5.04. The van der Waals surface area contributed by atoms with E-state index in [1.54, 1.807) is 0 Å². The molecule has 1 aromatic carbocycles. The quantitative estimate of drug-likeness (QED) is 0.716. The molecule has 0 spiro atoms. The Morgan fingerprint density at radius 1 is 1.00 bits per heavy atom. The topological polar surface area (TPSA) is 37.3 Å². The van der Waals surface area contributed by atoms with Crippen LogP contribution in [0.2, 0.25) is 0 Å². The Labute approximate surface area is 127 Å². The van der Waals surface area contributed by atoms with Gasteiger partial charge < -0.3 is 5.11 Å². The molecule has 0 heterocycles. The largest absolute Gasteiger partial charge is 0.478 e. The van der Waals surface area contributed by atoms with Gasteiger partial charge in [-0.15, -0.1) is 0 Å². The Morgan fingerprint density at radius 3 is 1.88 bits per heavy atom. The van der Waals surface area contributed by atoms with Crippen LogP contribution in [0.3, 0.4) is 0 Å². The van der Waals surface area contributed by atoms with Gasteiger partial charge >= 0.3 is 5.97 Å². The lowest BCUT2D eigenvalue weighted by atomic mass is 10.0. The molecule has 0 aliphatic rings. The van der Waals surface area contributed by atoms with Crippen LogP contribution in [0.5, 0.6) is 0 Å². The minimum Gasteiger partial charge on any atom is -0.478 e. The van der Waals surface area contributed by atoms with Crippen molar-refractivity contribution >= 4 is 75.6 Å². The first-order chi connectivity index (χ1) is 7.55. The predicted molar refractivity (Wildman–Crippen MR) is 71.9 cm³/mol. The minimum absolute atomic E-state index is 0.0161. The second-order valence-electron chi connectivity index (χ2n) is 3.03. The van der Waals surface area contributed by atoms with Crippen molar-refractivity contribution in [1.82, 2.24) is 0 Å². The molecule has 0 aromatic heterocycles. The maximum Gasteiger partial charge on any atom is 0.336 e. The van der Waals surface area contributed by atoms with E-state index in [1.165, 1.54) is 18.2 Å². The number of rotatable bonds is 1. The van der Waals surface area contributed by atoms with E-state index in [0.29, 0.717) is 0 Å². The van der Waals surface area contributed by atoms with Gasteiger partial charge in [0, 0.05) is 11.1 Å². The third-order valence-corrected chi connectivity index (χ3v) is 3.06. The molecular weight excluding hydrogens is 353 g/mol. The number of carboxylic acid groups (broad SMARTS) is 1. The number of hydrogen-bond donors (Lipinski definition) is 1. The zero-order valence-corrected chi connectivity index (χ0v) is 12.4. The fraction of sp³-hybridized carbons (Fsp3) is 0.222. The lowest BCUT2D eigenvalue weighted by Gasteiger charge is -2.22. The van der Waals surface area contributed by atoms with Crippen LogP contribution in [0.25, 0.3) is 0 Å². The molecule has 0 radical (unpaired) electrons. The first kappa shape index (κ1) is 15.5. The van der Waals surface area contributed by atoms with Gasteiger partial charge in [0.15, 0.2) is 0 Å². The van der Waals surface area contributed by atoms with Crippen molar-refractivity contribution in [3.05, 3.63) is 34.9 Å². The number of aromatic carboxylic acids is 1. The monoisotopic (exact) mass is 354 g/mol. The van der Waals surface area contributed by atoms with Gasteiger partial charge in [-0.3, -0.25) is 0 Å². The normalized spacial score (nSPS) is 12.6. The Morgan fingerprint density at radius 2 is 1.53 bits per heavy atom. The number of carboxylic acids is 1. The van der Waals surface area contributed by atoms with Crippen molar-refractivity contribution in [1.29, 1.82) is 0 Å². The van der Waals surface area contributed by atoms with E-state index in [9.17, 15) is 4.79 Å². The average Bonchev–Trinajstić information content (AvgIpc) is 2.13. The molecule has 0 atom stereocenters. The Balaban J connectivity index is 3.64.